The van der Waals surface area contributed by atoms with Crippen molar-refractivity contribution in [1.82, 2.24) is 9.55 Å². The molecule has 0 radical (unpaired) electrons. The standard InChI is InChI=1S/C17H28N2O5Si/c1-7-11-9-19(16(22)18-15(11)21)14-8-12(20)13(24-14)10-23-25(5,6)17(2,3)4/h7,9,12-14,20H,1,8,10H2,2-6H3,(H,18,21,22)/t12-,13+,14+/m0/s1. The van der Waals surface area contributed by atoms with Crippen LogP contribution in [-0.4, -0.2) is 41.8 Å². The number of aliphatic hydroxyl groups is 1. The van der Waals surface area contributed by atoms with Gasteiger partial charge in [-0.05, 0) is 18.1 Å². The monoisotopic (exact) mass is 368 g/mol. The number of nitrogens with one attached hydrogen (secondary N) is 1. The third-order valence-electron chi connectivity index (χ3n) is 5.14. The Morgan fingerprint density at radius 1 is 1.48 bits per heavy atom. The van der Waals surface area contributed by atoms with E-state index in [9.17, 15) is 14.7 Å². The van der Waals surface area contributed by atoms with Crippen molar-refractivity contribution in [3.63, 3.8) is 0 Å². The van der Waals surface area contributed by atoms with Gasteiger partial charge in [-0.2, -0.15) is 0 Å². The molecule has 0 saturated carbocycles. The molecule has 0 unspecified atom stereocenters. The lowest BCUT2D eigenvalue weighted by Crippen LogP contribution is -2.43. The van der Waals surface area contributed by atoms with Crippen molar-refractivity contribution in [2.45, 2.75) is 63.8 Å². The molecule has 1 aliphatic heterocycles. The number of aliphatic hydroxyl groups excluding tert-OH is 1. The van der Waals surface area contributed by atoms with E-state index in [1.165, 1.54) is 16.8 Å². The second kappa shape index (κ2) is 7.03. The van der Waals surface area contributed by atoms with Crippen LogP contribution in [0.3, 0.4) is 0 Å². The molecule has 1 aliphatic rings. The zero-order valence-corrected chi connectivity index (χ0v) is 16.5. The number of H-pyrrole nitrogens is 1. The van der Waals surface area contributed by atoms with Crippen molar-refractivity contribution in [2.75, 3.05) is 6.61 Å². The van der Waals surface area contributed by atoms with E-state index in [1.807, 2.05) is 0 Å². The first kappa shape index (κ1) is 19.8. The summed E-state index contributed by atoms with van der Waals surface area (Å²) in [6.45, 7) is 14.5. The highest BCUT2D eigenvalue weighted by Gasteiger charge is 2.41. The average molecular weight is 369 g/mol. The second-order valence-corrected chi connectivity index (χ2v) is 12.8. The minimum Gasteiger partial charge on any atom is -0.414 e. The van der Waals surface area contributed by atoms with Gasteiger partial charge in [0.15, 0.2) is 8.32 Å². The summed E-state index contributed by atoms with van der Waals surface area (Å²) in [5.74, 6) is 0. The van der Waals surface area contributed by atoms with Crippen LogP contribution in [0.4, 0.5) is 0 Å². The lowest BCUT2D eigenvalue weighted by molar-refractivity contribution is -0.0433. The molecule has 0 bridgehead atoms. The normalized spacial score (nSPS) is 24.5. The summed E-state index contributed by atoms with van der Waals surface area (Å²) < 4.78 is 13.2. The Balaban J connectivity index is 2.13. The Morgan fingerprint density at radius 3 is 2.68 bits per heavy atom. The lowest BCUT2D eigenvalue weighted by Gasteiger charge is -2.37. The number of hydrogen-bond acceptors (Lipinski definition) is 5. The molecule has 2 N–H and O–H groups in total. The molecule has 1 aromatic rings. The molecule has 0 amide bonds. The number of ether oxygens (including phenoxy) is 1. The second-order valence-electron chi connectivity index (χ2n) is 7.96. The van der Waals surface area contributed by atoms with Crippen LogP contribution in [0.25, 0.3) is 6.08 Å². The van der Waals surface area contributed by atoms with Crippen LogP contribution in [0, 0.1) is 0 Å². The molecule has 2 heterocycles. The summed E-state index contributed by atoms with van der Waals surface area (Å²) in [6.07, 6.45) is 1.14. The first-order valence-corrected chi connectivity index (χ1v) is 11.3. The summed E-state index contributed by atoms with van der Waals surface area (Å²) in [7, 11) is -1.96. The molecule has 25 heavy (non-hydrogen) atoms. The molecule has 1 fully saturated rings. The molecule has 1 saturated heterocycles. The van der Waals surface area contributed by atoms with Gasteiger partial charge in [-0.15, -0.1) is 0 Å². The van der Waals surface area contributed by atoms with E-state index >= 15 is 0 Å². The van der Waals surface area contributed by atoms with Crippen LogP contribution >= 0.6 is 0 Å². The fraction of sp³-hybridized carbons (Fsp3) is 0.647. The van der Waals surface area contributed by atoms with Crippen molar-refractivity contribution in [2.24, 2.45) is 0 Å². The van der Waals surface area contributed by atoms with Gasteiger partial charge >= 0.3 is 5.69 Å². The van der Waals surface area contributed by atoms with Gasteiger partial charge < -0.3 is 14.3 Å². The maximum Gasteiger partial charge on any atom is 0.330 e. The molecule has 3 atom stereocenters. The Hall–Kier alpha value is -1.48. The quantitative estimate of drug-likeness (QED) is 0.774. The Labute approximate surface area is 148 Å². The van der Waals surface area contributed by atoms with Gasteiger partial charge in [0.1, 0.15) is 12.3 Å². The lowest BCUT2D eigenvalue weighted by atomic mass is 10.2. The minimum absolute atomic E-state index is 0.0602. The van der Waals surface area contributed by atoms with Crippen LogP contribution in [-0.2, 0) is 9.16 Å². The van der Waals surface area contributed by atoms with Gasteiger partial charge in [-0.3, -0.25) is 14.3 Å². The third kappa shape index (κ3) is 4.20. The minimum atomic E-state index is -1.96. The smallest absolute Gasteiger partial charge is 0.330 e. The van der Waals surface area contributed by atoms with Gasteiger partial charge in [0, 0.05) is 12.6 Å². The van der Waals surface area contributed by atoms with E-state index in [0.29, 0.717) is 0 Å². The number of aromatic amines is 1. The number of hydrogen-bond donors (Lipinski definition) is 2. The molecule has 0 aromatic carbocycles. The van der Waals surface area contributed by atoms with E-state index in [2.05, 4.69) is 45.4 Å². The molecule has 7 nitrogen and oxygen atoms in total. The number of rotatable bonds is 5. The molecule has 0 spiro atoms. The molecule has 2 rings (SSSR count). The highest BCUT2D eigenvalue weighted by molar-refractivity contribution is 6.74. The zero-order valence-electron chi connectivity index (χ0n) is 15.5. The predicted octanol–water partition coefficient (Wildman–Crippen LogP) is 1.85. The fourth-order valence-electron chi connectivity index (χ4n) is 2.40. The molecule has 1 aromatic heterocycles. The van der Waals surface area contributed by atoms with E-state index in [-0.39, 0.29) is 23.6 Å². The van der Waals surface area contributed by atoms with Crippen molar-refractivity contribution in [3.05, 3.63) is 39.2 Å². The third-order valence-corrected chi connectivity index (χ3v) is 9.65. The van der Waals surface area contributed by atoms with Gasteiger partial charge in [0.25, 0.3) is 5.56 Å². The van der Waals surface area contributed by atoms with E-state index < -0.39 is 38.0 Å². The van der Waals surface area contributed by atoms with Crippen LogP contribution in [0.5, 0.6) is 0 Å². The summed E-state index contributed by atoms with van der Waals surface area (Å²) in [6, 6.07) is 0. The summed E-state index contributed by atoms with van der Waals surface area (Å²) in [4.78, 5) is 25.9. The molecular formula is C17H28N2O5Si. The van der Waals surface area contributed by atoms with Gasteiger partial charge in [-0.25, -0.2) is 4.79 Å². The summed E-state index contributed by atoms with van der Waals surface area (Å²) in [5.41, 5.74) is -0.787. The fourth-order valence-corrected chi connectivity index (χ4v) is 3.42. The highest BCUT2D eigenvalue weighted by Crippen LogP contribution is 2.37. The number of nitrogens with zero attached hydrogens (tertiary/aromatic N) is 1. The topological polar surface area (TPSA) is 93.6 Å². The first-order chi connectivity index (χ1) is 11.5. The Kier molecular flexibility index (Phi) is 5.58. The molecule has 140 valence electrons. The Morgan fingerprint density at radius 2 is 2.12 bits per heavy atom. The SMILES string of the molecule is C=Cc1cn([C@H]2C[C@H](O)[C@@H](CO[Si](C)(C)C(C)(C)C)O2)c(=O)[nH]c1=O. The van der Waals surface area contributed by atoms with Crippen LogP contribution in [0.2, 0.25) is 18.1 Å². The first-order valence-electron chi connectivity index (χ1n) is 8.41. The van der Waals surface area contributed by atoms with Gasteiger partial charge in [-0.1, -0.05) is 33.4 Å². The highest BCUT2D eigenvalue weighted by atomic mass is 28.4. The number of aromatic nitrogens is 2. The van der Waals surface area contributed by atoms with E-state index in [4.69, 9.17) is 9.16 Å². The molecular weight excluding hydrogens is 340 g/mol. The predicted molar refractivity (Wildman–Crippen MR) is 99.1 cm³/mol. The van der Waals surface area contributed by atoms with Crippen LogP contribution in [0.1, 0.15) is 39.0 Å². The average Bonchev–Trinajstić information content (AvgIpc) is 2.85. The molecule has 8 heteroatoms. The molecule has 0 aliphatic carbocycles. The largest absolute Gasteiger partial charge is 0.414 e. The Bertz CT molecular complexity index is 747. The van der Waals surface area contributed by atoms with Crippen LogP contribution in [0.15, 0.2) is 22.4 Å². The van der Waals surface area contributed by atoms with Crippen molar-refractivity contribution in [3.8, 4) is 0 Å². The van der Waals surface area contributed by atoms with Gasteiger partial charge in [0.05, 0.1) is 18.3 Å². The maximum absolute atomic E-state index is 12.0. The summed E-state index contributed by atoms with van der Waals surface area (Å²) in [5, 5.41) is 10.4. The van der Waals surface area contributed by atoms with Crippen molar-refractivity contribution >= 4 is 14.4 Å². The van der Waals surface area contributed by atoms with Crippen molar-refractivity contribution < 1.29 is 14.3 Å². The van der Waals surface area contributed by atoms with E-state index in [0.717, 1.165) is 0 Å². The van der Waals surface area contributed by atoms with Gasteiger partial charge in [0.2, 0.25) is 0 Å². The maximum atomic E-state index is 12.0. The van der Waals surface area contributed by atoms with Crippen molar-refractivity contribution in [1.29, 1.82) is 0 Å². The van der Waals surface area contributed by atoms with E-state index in [1.54, 1.807) is 0 Å². The summed E-state index contributed by atoms with van der Waals surface area (Å²) >= 11 is 0. The zero-order chi connectivity index (χ0) is 19.0. The van der Waals surface area contributed by atoms with Crippen LogP contribution < -0.4 is 11.2 Å².